The third-order valence-corrected chi connectivity index (χ3v) is 2.61. The van der Waals surface area contributed by atoms with Crippen molar-refractivity contribution in [3.8, 4) is 0 Å². The Hall–Kier alpha value is -0.710. The van der Waals surface area contributed by atoms with Gasteiger partial charge in [0.15, 0.2) is 0 Å². The van der Waals surface area contributed by atoms with E-state index >= 15 is 0 Å². The SMILES string of the molecule is O=C(NCC1CCCCC1O)C(F)F. The summed E-state index contributed by atoms with van der Waals surface area (Å²) in [4.78, 5) is 10.5. The van der Waals surface area contributed by atoms with Gasteiger partial charge in [0, 0.05) is 12.5 Å². The predicted octanol–water partition coefficient (Wildman–Crippen LogP) is 0.919. The van der Waals surface area contributed by atoms with Gasteiger partial charge in [-0.1, -0.05) is 12.8 Å². The summed E-state index contributed by atoms with van der Waals surface area (Å²) in [6, 6.07) is 0. The second-order valence-electron chi connectivity index (χ2n) is 3.66. The van der Waals surface area contributed by atoms with Gasteiger partial charge in [-0.25, -0.2) is 0 Å². The first kappa shape index (κ1) is 11.4. The molecule has 0 aliphatic heterocycles. The number of nitrogens with one attached hydrogen (secondary N) is 1. The van der Waals surface area contributed by atoms with Gasteiger partial charge in [0.1, 0.15) is 0 Å². The van der Waals surface area contributed by atoms with Gasteiger partial charge in [0.2, 0.25) is 0 Å². The van der Waals surface area contributed by atoms with Crippen LogP contribution in [0.5, 0.6) is 0 Å². The number of hydrogen-bond acceptors (Lipinski definition) is 2. The highest BCUT2D eigenvalue weighted by molar-refractivity contribution is 5.79. The second-order valence-corrected chi connectivity index (χ2v) is 3.66. The highest BCUT2D eigenvalue weighted by Crippen LogP contribution is 2.23. The smallest absolute Gasteiger partial charge is 0.315 e. The number of aliphatic hydroxyl groups excluding tert-OH is 1. The third kappa shape index (κ3) is 3.21. The van der Waals surface area contributed by atoms with E-state index in [-0.39, 0.29) is 12.5 Å². The number of carbonyl (C=O) groups is 1. The maximum Gasteiger partial charge on any atom is 0.315 e. The van der Waals surface area contributed by atoms with Crippen molar-refractivity contribution in [2.75, 3.05) is 6.54 Å². The largest absolute Gasteiger partial charge is 0.393 e. The van der Waals surface area contributed by atoms with Crippen LogP contribution in [0.1, 0.15) is 25.7 Å². The normalized spacial score (nSPS) is 27.7. The second kappa shape index (κ2) is 5.24. The van der Waals surface area contributed by atoms with Crippen LogP contribution in [-0.4, -0.2) is 30.1 Å². The van der Waals surface area contributed by atoms with Crippen LogP contribution >= 0.6 is 0 Å². The zero-order chi connectivity index (χ0) is 10.6. The number of hydrogen-bond donors (Lipinski definition) is 2. The van der Waals surface area contributed by atoms with Crippen LogP contribution in [0.15, 0.2) is 0 Å². The lowest BCUT2D eigenvalue weighted by Gasteiger charge is -2.27. The first-order valence-corrected chi connectivity index (χ1v) is 4.85. The standard InChI is InChI=1S/C9H15F2NO2/c10-8(11)9(14)12-5-6-3-1-2-4-7(6)13/h6-8,13H,1-5H2,(H,12,14). The molecule has 0 aromatic heterocycles. The molecule has 0 spiro atoms. The monoisotopic (exact) mass is 207 g/mol. The molecule has 1 saturated carbocycles. The Labute approximate surface area is 81.5 Å². The average Bonchev–Trinajstić information content (AvgIpc) is 2.16. The van der Waals surface area contributed by atoms with E-state index in [1.807, 2.05) is 0 Å². The minimum Gasteiger partial charge on any atom is -0.393 e. The predicted molar refractivity (Wildman–Crippen MR) is 47.0 cm³/mol. The van der Waals surface area contributed by atoms with Crippen LogP contribution < -0.4 is 5.32 Å². The van der Waals surface area contributed by atoms with Crippen molar-refractivity contribution in [2.45, 2.75) is 38.2 Å². The molecule has 14 heavy (non-hydrogen) atoms. The van der Waals surface area contributed by atoms with Crippen molar-refractivity contribution in [2.24, 2.45) is 5.92 Å². The first-order chi connectivity index (χ1) is 6.61. The maximum atomic E-state index is 11.8. The molecule has 1 aliphatic rings. The Bertz CT molecular complexity index is 199. The van der Waals surface area contributed by atoms with Gasteiger partial charge < -0.3 is 10.4 Å². The Balaban J connectivity index is 2.26. The Morgan fingerprint density at radius 2 is 2.07 bits per heavy atom. The molecule has 2 atom stereocenters. The van der Waals surface area contributed by atoms with Crippen molar-refractivity contribution < 1.29 is 18.7 Å². The first-order valence-electron chi connectivity index (χ1n) is 4.85. The summed E-state index contributed by atoms with van der Waals surface area (Å²) in [5.41, 5.74) is 0. The summed E-state index contributed by atoms with van der Waals surface area (Å²) in [6.07, 6.45) is 0.0459. The molecule has 0 saturated heterocycles. The van der Waals surface area contributed by atoms with Crippen molar-refractivity contribution >= 4 is 5.91 Å². The highest BCUT2D eigenvalue weighted by Gasteiger charge is 2.24. The van der Waals surface area contributed by atoms with E-state index in [0.717, 1.165) is 19.3 Å². The summed E-state index contributed by atoms with van der Waals surface area (Å²) in [5.74, 6) is -1.31. The zero-order valence-electron chi connectivity index (χ0n) is 7.88. The molecule has 1 fully saturated rings. The molecule has 0 bridgehead atoms. The third-order valence-electron chi connectivity index (χ3n) is 2.61. The fourth-order valence-electron chi connectivity index (χ4n) is 1.74. The van der Waals surface area contributed by atoms with Crippen molar-refractivity contribution in [1.82, 2.24) is 5.32 Å². The molecule has 1 aliphatic carbocycles. The number of halogens is 2. The van der Waals surface area contributed by atoms with Crippen molar-refractivity contribution in [1.29, 1.82) is 0 Å². The van der Waals surface area contributed by atoms with Gasteiger partial charge >= 0.3 is 6.43 Å². The fourth-order valence-corrected chi connectivity index (χ4v) is 1.74. The molecule has 1 rings (SSSR count). The highest BCUT2D eigenvalue weighted by atomic mass is 19.3. The topological polar surface area (TPSA) is 49.3 Å². The summed E-state index contributed by atoms with van der Waals surface area (Å²) in [5, 5.41) is 11.6. The van der Waals surface area contributed by atoms with Crippen LogP contribution in [0.4, 0.5) is 8.78 Å². The molecule has 0 radical (unpaired) electrons. The van der Waals surface area contributed by atoms with E-state index in [4.69, 9.17) is 0 Å². The Kier molecular flexibility index (Phi) is 4.25. The van der Waals surface area contributed by atoms with Gasteiger partial charge in [-0.2, -0.15) is 8.78 Å². The van der Waals surface area contributed by atoms with Gasteiger partial charge in [0.25, 0.3) is 5.91 Å². The van der Waals surface area contributed by atoms with Gasteiger partial charge in [-0.3, -0.25) is 4.79 Å². The Morgan fingerprint density at radius 3 is 2.64 bits per heavy atom. The van der Waals surface area contributed by atoms with Crippen molar-refractivity contribution in [3.05, 3.63) is 0 Å². The molecule has 0 aromatic carbocycles. The molecule has 2 unspecified atom stereocenters. The lowest BCUT2D eigenvalue weighted by atomic mass is 9.86. The molecule has 3 nitrogen and oxygen atoms in total. The van der Waals surface area contributed by atoms with Crippen molar-refractivity contribution in [3.63, 3.8) is 0 Å². The molecular weight excluding hydrogens is 192 g/mol. The van der Waals surface area contributed by atoms with E-state index in [2.05, 4.69) is 5.32 Å². The summed E-state index contributed by atoms with van der Waals surface area (Å²) < 4.78 is 23.6. The van der Waals surface area contributed by atoms with Crippen LogP contribution in [0, 0.1) is 5.92 Å². The van der Waals surface area contributed by atoms with E-state index in [9.17, 15) is 18.7 Å². The Morgan fingerprint density at radius 1 is 1.43 bits per heavy atom. The van der Waals surface area contributed by atoms with E-state index in [0.29, 0.717) is 6.42 Å². The fraction of sp³-hybridized carbons (Fsp3) is 0.889. The average molecular weight is 207 g/mol. The molecule has 0 heterocycles. The molecule has 0 aromatic rings. The molecule has 5 heteroatoms. The molecule has 82 valence electrons. The lowest BCUT2D eigenvalue weighted by Crippen LogP contribution is -2.38. The van der Waals surface area contributed by atoms with Crippen LogP contribution in [0.25, 0.3) is 0 Å². The number of alkyl halides is 2. The van der Waals surface area contributed by atoms with E-state index in [1.54, 1.807) is 0 Å². The zero-order valence-corrected chi connectivity index (χ0v) is 7.88. The molecular formula is C9H15F2NO2. The minimum atomic E-state index is -2.96. The number of rotatable bonds is 3. The van der Waals surface area contributed by atoms with Crippen LogP contribution in [0.2, 0.25) is 0 Å². The van der Waals surface area contributed by atoms with Gasteiger partial charge in [0.05, 0.1) is 6.10 Å². The quantitative estimate of drug-likeness (QED) is 0.723. The van der Waals surface area contributed by atoms with Gasteiger partial charge in [-0.15, -0.1) is 0 Å². The van der Waals surface area contributed by atoms with Gasteiger partial charge in [-0.05, 0) is 12.8 Å². The molecule has 2 N–H and O–H groups in total. The number of aliphatic hydroxyl groups is 1. The number of carbonyl (C=O) groups excluding carboxylic acids is 1. The van der Waals surface area contributed by atoms with Crippen LogP contribution in [-0.2, 0) is 4.79 Å². The van der Waals surface area contributed by atoms with E-state index < -0.39 is 18.4 Å². The summed E-state index contributed by atoms with van der Waals surface area (Å²) in [7, 11) is 0. The minimum absolute atomic E-state index is 0.0635. The van der Waals surface area contributed by atoms with E-state index in [1.165, 1.54) is 0 Å². The summed E-state index contributed by atoms with van der Waals surface area (Å²) >= 11 is 0. The maximum absolute atomic E-state index is 11.8. The van der Waals surface area contributed by atoms with Crippen LogP contribution in [0.3, 0.4) is 0 Å². The lowest BCUT2D eigenvalue weighted by molar-refractivity contribution is -0.132. The molecule has 1 amide bonds. The number of amides is 1. The summed E-state index contributed by atoms with van der Waals surface area (Å²) in [6.45, 7) is 0.157.